The molecule has 0 bridgehead atoms. The highest BCUT2D eigenvalue weighted by atomic mass is 35.5. The number of halogens is 2. The van der Waals surface area contributed by atoms with E-state index in [1.165, 1.54) is 18.5 Å². The first-order valence-corrected chi connectivity index (χ1v) is 9.79. The molecule has 0 aliphatic carbocycles. The summed E-state index contributed by atoms with van der Waals surface area (Å²) in [4.78, 5) is 20.9. The molecule has 0 spiro atoms. The van der Waals surface area contributed by atoms with E-state index in [1.807, 2.05) is 13.0 Å². The van der Waals surface area contributed by atoms with Crippen LogP contribution in [0.4, 0.5) is 10.1 Å². The number of aromatic nitrogens is 2. The van der Waals surface area contributed by atoms with Gasteiger partial charge in [-0.3, -0.25) is 4.79 Å². The minimum absolute atomic E-state index is 0.292. The summed E-state index contributed by atoms with van der Waals surface area (Å²) in [6.07, 6.45) is 1.37. The van der Waals surface area contributed by atoms with Gasteiger partial charge in [0, 0.05) is 27.9 Å². The second-order valence-electron chi connectivity index (χ2n) is 6.80. The summed E-state index contributed by atoms with van der Waals surface area (Å²) < 4.78 is 19.0. The van der Waals surface area contributed by atoms with Crippen molar-refractivity contribution in [2.45, 2.75) is 6.92 Å². The maximum Gasteiger partial charge on any atom is 0.255 e. The van der Waals surface area contributed by atoms with E-state index in [9.17, 15) is 9.18 Å². The highest BCUT2D eigenvalue weighted by Crippen LogP contribution is 2.25. The van der Waals surface area contributed by atoms with Crippen molar-refractivity contribution in [3.8, 4) is 22.9 Å². The summed E-state index contributed by atoms with van der Waals surface area (Å²) in [5, 5.41) is 3.40. The van der Waals surface area contributed by atoms with Gasteiger partial charge in [0.15, 0.2) is 0 Å². The van der Waals surface area contributed by atoms with Crippen molar-refractivity contribution >= 4 is 23.2 Å². The normalized spacial score (nSPS) is 10.5. The Morgan fingerprint density at radius 2 is 1.81 bits per heavy atom. The van der Waals surface area contributed by atoms with Crippen LogP contribution in [0, 0.1) is 12.7 Å². The standard InChI is InChI=1S/C24H17ClFN3O2/c1-15-5-10-19(12-21(15)25)29-24(30)17-3-2-4-20(11-17)31-23-13-22(27-14-28-23)16-6-8-18(26)9-7-16/h2-14H,1H3,(H,29,30). The molecule has 0 fully saturated rings. The zero-order valence-electron chi connectivity index (χ0n) is 16.5. The summed E-state index contributed by atoms with van der Waals surface area (Å²) in [6, 6.07) is 19.7. The summed E-state index contributed by atoms with van der Waals surface area (Å²) in [7, 11) is 0. The van der Waals surface area contributed by atoms with E-state index in [1.54, 1.807) is 54.6 Å². The minimum Gasteiger partial charge on any atom is -0.439 e. The molecule has 1 N–H and O–H groups in total. The van der Waals surface area contributed by atoms with Gasteiger partial charge < -0.3 is 10.1 Å². The molecule has 31 heavy (non-hydrogen) atoms. The molecule has 0 aliphatic heterocycles. The molecule has 3 aromatic carbocycles. The zero-order valence-corrected chi connectivity index (χ0v) is 17.2. The molecule has 0 radical (unpaired) electrons. The fourth-order valence-corrected chi connectivity index (χ4v) is 3.05. The van der Waals surface area contributed by atoms with Gasteiger partial charge in [-0.15, -0.1) is 0 Å². The quantitative estimate of drug-likeness (QED) is 0.401. The number of nitrogens with zero attached hydrogens (tertiary/aromatic N) is 2. The number of anilines is 1. The van der Waals surface area contributed by atoms with Crippen molar-refractivity contribution in [2.75, 3.05) is 5.32 Å². The van der Waals surface area contributed by atoms with Crippen LogP contribution >= 0.6 is 11.6 Å². The van der Waals surface area contributed by atoms with E-state index in [0.29, 0.717) is 33.6 Å². The predicted molar refractivity (Wildman–Crippen MR) is 118 cm³/mol. The summed E-state index contributed by atoms with van der Waals surface area (Å²) >= 11 is 6.12. The average Bonchev–Trinajstić information content (AvgIpc) is 2.77. The number of benzene rings is 3. The topological polar surface area (TPSA) is 64.1 Å². The number of carbonyl (C=O) groups excluding carboxylic acids is 1. The van der Waals surface area contributed by atoms with E-state index in [-0.39, 0.29) is 11.7 Å². The fraction of sp³-hybridized carbons (Fsp3) is 0.0417. The van der Waals surface area contributed by atoms with E-state index < -0.39 is 0 Å². The number of amides is 1. The maximum atomic E-state index is 13.2. The van der Waals surface area contributed by atoms with Gasteiger partial charge >= 0.3 is 0 Å². The molecule has 4 rings (SSSR count). The molecule has 0 aliphatic rings. The van der Waals surface area contributed by atoms with Crippen LogP contribution in [0.15, 0.2) is 79.1 Å². The molecule has 7 heteroatoms. The van der Waals surface area contributed by atoms with Crippen molar-refractivity contribution in [3.05, 3.63) is 101 Å². The van der Waals surface area contributed by atoms with Crippen LogP contribution in [0.5, 0.6) is 11.6 Å². The van der Waals surface area contributed by atoms with Crippen LogP contribution in [-0.2, 0) is 0 Å². The van der Waals surface area contributed by atoms with E-state index in [2.05, 4.69) is 15.3 Å². The number of ether oxygens (including phenoxy) is 1. The molecule has 0 saturated carbocycles. The Balaban J connectivity index is 1.51. The second kappa shape index (κ2) is 8.93. The molecule has 0 unspecified atom stereocenters. The van der Waals surface area contributed by atoms with Crippen LogP contribution in [0.3, 0.4) is 0 Å². The number of hydrogen-bond acceptors (Lipinski definition) is 4. The van der Waals surface area contributed by atoms with E-state index in [0.717, 1.165) is 11.1 Å². The molecular weight excluding hydrogens is 417 g/mol. The monoisotopic (exact) mass is 433 g/mol. The van der Waals surface area contributed by atoms with Gasteiger partial charge in [0.1, 0.15) is 17.9 Å². The first kappa shape index (κ1) is 20.5. The lowest BCUT2D eigenvalue weighted by molar-refractivity contribution is 0.102. The first-order valence-electron chi connectivity index (χ1n) is 9.41. The maximum absolute atomic E-state index is 13.2. The lowest BCUT2D eigenvalue weighted by Crippen LogP contribution is -2.11. The Labute approximate surface area is 183 Å². The smallest absolute Gasteiger partial charge is 0.255 e. The molecule has 4 aromatic rings. The molecule has 1 aromatic heterocycles. The van der Waals surface area contributed by atoms with Crippen LogP contribution in [0.25, 0.3) is 11.3 Å². The van der Waals surface area contributed by atoms with Crippen molar-refractivity contribution in [1.29, 1.82) is 0 Å². The first-order chi connectivity index (χ1) is 15.0. The van der Waals surface area contributed by atoms with E-state index >= 15 is 0 Å². The van der Waals surface area contributed by atoms with Crippen molar-refractivity contribution in [1.82, 2.24) is 9.97 Å². The average molecular weight is 434 g/mol. The Hall–Kier alpha value is -3.77. The Morgan fingerprint density at radius 1 is 1.00 bits per heavy atom. The highest BCUT2D eigenvalue weighted by Gasteiger charge is 2.10. The molecule has 1 heterocycles. The highest BCUT2D eigenvalue weighted by molar-refractivity contribution is 6.31. The number of nitrogens with one attached hydrogen (secondary N) is 1. The molecule has 0 atom stereocenters. The third kappa shape index (κ3) is 5.05. The molecule has 5 nitrogen and oxygen atoms in total. The molecule has 0 saturated heterocycles. The van der Waals surface area contributed by atoms with Crippen LogP contribution in [0.1, 0.15) is 15.9 Å². The molecule has 1 amide bonds. The largest absolute Gasteiger partial charge is 0.439 e. The Bertz CT molecular complexity index is 1250. The number of aryl methyl sites for hydroxylation is 1. The number of carbonyl (C=O) groups is 1. The third-order valence-electron chi connectivity index (χ3n) is 4.53. The predicted octanol–water partition coefficient (Wildman–Crippen LogP) is 6.29. The SMILES string of the molecule is Cc1ccc(NC(=O)c2cccc(Oc3cc(-c4ccc(F)cc4)ncn3)c2)cc1Cl. The van der Waals surface area contributed by atoms with Crippen LogP contribution in [-0.4, -0.2) is 15.9 Å². The van der Waals surface area contributed by atoms with Gasteiger partial charge in [-0.25, -0.2) is 14.4 Å². The van der Waals surface area contributed by atoms with Gasteiger partial charge in [0.2, 0.25) is 5.88 Å². The molecular formula is C24H17ClFN3O2. The lowest BCUT2D eigenvalue weighted by Gasteiger charge is -2.09. The third-order valence-corrected chi connectivity index (χ3v) is 4.94. The minimum atomic E-state index is -0.322. The van der Waals surface area contributed by atoms with Crippen LogP contribution < -0.4 is 10.1 Å². The lowest BCUT2D eigenvalue weighted by atomic mass is 10.1. The van der Waals surface area contributed by atoms with Gasteiger partial charge in [-0.05, 0) is 67.1 Å². The number of hydrogen-bond donors (Lipinski definition) is 1. The Morgan fingerprint density at radius 3 is 2.58 bits per heavy atom. The van der Waals surface area contributed by atoms with Gasteiger partial charge in [-0.1, -0.05) is 23.7 Å². The summed E-state index contributed by atoms with van der Waals surface area (Å²) in [5.41, 5.74) is 3.28. The van der Waals surface area contributed by atoms with Crippen LogP contribution in [0.2, 0.25) is 5.02 Å². The summed E-state index contributed by atoms with van der Waals surface area (Å²) in [6.45, 7) is 1.89. The molecule has 154 valence electrons. The van der Waals surface area contributed by atoms with Gasteiger partial charge in [-0.2, -0.15) is 0 Å². The zero-order chi connectivity index (χ0) is 21.8. The second-order valence-corrected chi connectivity index (χ2v) is 7.20. The van der Waals surface area contributed by atoms with Crippen molar-refractivity contribution in [2.24, 2.45) is 0 Å². The van der Waals surface area contributed by atoms with Gasteiger partial charge in [0.05, 0.1) is 5.69 Å². The van der Waals surface area contributed by atoms with Gasteiger partial charge in [0.25, 0.3) is 5.91 Å². The van der Waals surface area contributed by atoms with E-state index in [4.69, 9.17) is 16.3 Å². The number of rotatable bonds is 5. The Kier molecular flexibility index (Phi) is 5.91. The van der Waals surface area contributed by atoms with Crippen molar-refractivity contribution in [3.63, 3.8) is 0 Å². The summed E-state index contributed by atoms with van der Waals surface area (Å²) in [5.74, 6) is 0.132. The van der Waals surface area contributed by atoms with Crippen molar-refractivity contribution < 1.29 is 13.9 Å². The fourth-order valence-electron chi connectivity index (χ4n) is 2.87.